The van der Waals surface area contributed by atoms with E-state index in [-0.39, 0.29) is 17.3 Å². The van der Waals surface area contributed by atoms with Gasteiger partial charge in [-0.05, 0) is 55.3 Å². The first kappa shape index (κ1) is 15.8. The van der Waals surface area contributed by atoms with Crippen molar-refractivity contribution in [2.24, 2.45) is 0 Å². The average Bonchev–Trinajstić information content (AvgIpc) is 2.37. The predicted octanol–water partition coefficient (Wildman–Crippen LogP) is 2.64. The van der Waals surface area contributed by atoms with E-state index in [9.17, 15) is 8.42 Å². The predicted molar refractivity (Wildman–Crippen MR) is 81.9 cm³/mol. The molecule has 1 heterocycles. The van der Waals surface area contributed by atoms with E-state index in [2.05, 4.69) is 9.71 Å². The quantitative estimate of drug-likeness (QED) is 0.905. The van der Waals surface area contributed by atoms with Gasteiger partial charge >= 0.3 is 0 Å². The number of halogens is 1. The molecule has 2 aromatic rings. The van der Waals surface area contributed by atoms with Crippen LogP contribution in [0.4, 0.5) is 5.82 Å². The number of hydrogen-bond acceptors (Lipinski definition) is 4. The maximum atomic E-state index is 12.3. The second-order valence-electron chi connectivity index (χ2n) is 4.69. The summed E-state index contributed by atoms with van der Waals surface area (Å²) in [5.74, 6) is 0.257. The van der Waals surface area contributed by atoms with Crippen LogP contribution in [0.3, 0.4) is 0 Å². The molecule has 1 aromatic carbocycles. The van der Waals surface area contributed by atoms with Gasteiger partial charge in [0.25, 0.3) is 10.0 Å². The van der Waals surface area contributed by atoms with E-state index in [1.165, 1.54) is 18.2 Å². The van der Waals surface area contributed by atoms with Gasteiger partial charge in [0, 0.05) is 10.7 Å². The number of anilines is 1. The van der Waals surface area contributed by atoms with E-state index in [1.54, 1.807) is 13.0 Å². The third kappa shape index (κ3) is 3.72. The molecule has 0 radical (unpaired) electrons. The van der Waals surface area contributed by atoms with Crippen LogP contribution in [0.5, 0.6) is 0 Å². The van der Waals surface area contributed by atoms with E-state index in [4.69, 9.17) is 16.7 Å². The molecule has 0 aliphatic rings. The maximum Gasteiger partial charge on any atom is 0.263 e. The molecule has 0 spiro atoms. The van der Waals surface area contributed by atoms with E-state index < -0.39 is 10.0 Å². The summed E-state index contributed by atoms with van der Waals surface area (Å²) >= 11 is 5.86. The first-order valence-corrected chi connectivity index (χ1v) is 8.05. The molecule has 2 rings (SSSR count). The molecule has 7 heteroatoms. The van der Waals surface area contributed by atoms with Crippen molar-refractivity contribution in [2.75, 3.05) is 4.72 Å². The van der Waals surface area contributed by atoms with Crippen molar-refractivity contribution >= 4 is 27.4 Å². The molecule has 0 saturated carbocycles. The molecule has 112 valence electrons. The molecule has 0 atom stereocenters. The molecule has 1 aromatic heterocycles. The standard InChI is InChI=1S/C14H15ClN2O3S/c1-9-5-10(2)16-14(6-9)17-21(19,20)12-3-4-13(15)11(7-12)8-18/h3-7,18H,8H2,1-2H3,(H,16,17). The molecule has 0 unspecified atom stereocenters. The highest BCUT2D eigenvalue weighted by Crippen LogP contribution is 2.22. The Hall–Kier alpha value is -1.63. The molecule has 21 heavy (non-hydrogen) atoms. The summed E-state index contributed by atoms with van der Waals surface area (Å²) in [5, 5.41) is 9.48. The van der Waals surface area contributed by atoms with Gasteiger partial charge in [-0.3, -0.25) is 4.72 Å². The summed E-state index contributed by atoms with van der Waals surface area (Å²) in [5.41, 5.74) is 1.99. The molecular formula is C14H15ClN2O3S. The summed E-state index contributed by atoms with van der Waals surface area (Å²) in [6.07, 6.45) is 0. The monoisotopic (exact) mass is 326 g/mol. The minimum Gasteiger partial charge on any atom is -0.392 e. The van der Waals surface area contributed by atoms with Crippen LogP contribution >= 0.6 is 11.6 Å². The van der Waals surface area contributed by atoms with Gasteiger partial charge in [-0.2, -0.15) is 0 Å². The highest BCUT2D eigenvalue weighted by Gasteiger charge is 2.16. The lowest BCUT2D eigenvalue weighted by molar-refractivity contribution is 0.281. The first-order valence-electron chi connectivity index (χ1n) is 6.19. The topological polar surface area (TPSA) is 79.3 Å². The number of nitrogens with zero attached hydrogens (tertiary/aromatic N) is 1. The van der Waals surface area contributed by atoms with Gasteiger partial charge in [0.1, 0.15) is 5.82 Å². The Morgan fingerprint density at radius 2 is 1.95 bits per heavy atom. The fraction of sp³-hybridized carbons (Fsp3) is 0.214. The van der Waals surface area contributed by atoms with Gasteiger partial charge in [-0.1, -0.05) is 11.6 Å². The van der Waals surface area contributed by atoms with Crippen molar-refractivity contribution in [1.29, 1.82) is 0 Å². The lowest BCUT2D eigenvalue weighted by Crippen LogP contribution is -2.14. The average molecular weight is 327 g/mol. The van der Waals surface area contributed by atoms with Crippen LogP contribution in [0.2, 0.25) is 5.02 Å². The lowest BCUT2D eigenvalue weighted by Gasteiger charge is -2.10. The number of aryl methyl sites for hydroxylation is 2. The second-order valence-corrected chi connectivity index (χ2v) is 6.78. The summed E-state index contributed by atoms with van der Waals surface area (Å²) in [6.45, 7) is 3.32. The number of benzene rings is 1. The zero-order chi connectivity index (χ0) is 15.6. The fourth-order valence-electron chi connectivity index (χ4n) is 1.93. The van der Waals surface area contributed by atoms with Gasteiger partial charge in [0.15, 0.2) is 0 Å². The van der Waals surface area contributed by atoms with Crippen LogP contribution in [0.1, 0.15) is 16.8 Å². The summed E-state index contributed by atoms with van der Waals surface area (Å²) < 4.78 is 27.1. The Balaban J connectivity index is 2.38. The maximum absolute atomic E-state index is 12.3. The SMILES string of the molecule is Cc1cc(C)nc(NS(=O)(=O)c2ccc(Cl)c(CO)c2)c1. The van der Waals surface area contributed by atoms with Gasteiger partial charge in [-0.15, -0.1) is 0 Å². The van der Waals surface area contributed by atoms with Crippen LogP contribution in [-0.2, 0) is 16.6 Å². The minimum absolute atomic E-state index is 0.0249. The Morgan fingerprint density at radius 3 is 2.57 bits per heavy atom. The normalized spacial score (nSPS) is 11.4. The number of nitrogens with one attached hydrogen (secondary N) is 1. The van der Waals surface area contributed by atoms with Gasteiger partial charge in [-0.25, -0.2) is 13.4 Å². The van der Waals surface area contributed by atoms with Gasteiger partial charge in [0.2, 0.25) is 0 Å². The Morgan fingerprint density at radius 1 is 1.24 bits per heavy atom. The Labute approximate surface area is 128 Å². The fourth-order valence-corrected chi connectivity index (χ4v) is 3.15. The number of pyridine rings is 1. The van der Waals surface area contributed by atoms with Gasteiger partial charge < -0.3 is 5.11 Å². The summed E-state index contributed by atoms with van der Waals surface area (Å²) in [4.78, 5) is 4.16. The summed E-state index contributed by atoms with van der Waals surface area (Å²) in [6, 6.07) is 7.66. The highest BCUT2D eigenvalue weighted by molar-refractivity contribution is 7.92. The zero-order valence-electron chi connectivity index (χ0n) is 11.6. The molecular weight excluding hydrogens is 312 g/mol. The van der Waals surface area contributed by atoms with E-state index in [0.717, 1.165) is 11.3 Å². The van der Waals surface area contributed by atoms with E-state index in [0.29, 0.717) is 10.6 Å². The Bertz CT molecular complexity index is 756. The van der Waals surface area contributed by atoms with E-state index >= 15 is 0 Å². The molecule has 0 saturated heterocycles. The Kier molecular flexibility index (Phi) is 4.51. The van der Waals surface area contributed by atoms with Crippen LogP contribution in [0.15, 0.2) is 35.2 Å². The molecule has 0 amide bonds. The molecule has 0 fully saturated rings. The number of rotatable bonds is 4. The smallest absolute Gasteiger partial charge is 0.263 e. The summed E-state index contributed by atoms with van der Waals surface area (Å²) in [7, 11) is -3.78. The highest BCUT2D eigenvalue weighted by atomic mass is 35.5. The number of hydrogen-bond donors (Lipinski definition) is 2. The van der Waals surface area contributed by atoms with E-state index in [1.807, 2.05) is 13.0 Å². The number of sulfonamides is 1. The number of aromatic nitrogens is 1. The van der Waals surface area contributed by atoms with Crippen molar-refractivity contribution in [2.45, 2.75) is 25.3 Å². The lowest BCUT2D eigenvalue weighted by atomic mass is 10.2. The van der Waals surface area contributed by atoms with Crippen LogP contribution in [-0.4, -0.2) is 18.5 Å². The molecule has 0 aliphatic carbocycles. The van der Waals surface area contributed by atoms with Crippen molar-refractivity contribution in [3.8, 4) is 0 Å². The molecule has 2 N–H and O–H groups in total. The minimum atomic E-state index is -3.78. The van der Waals surface area contributed by atoms with Crippen LogP contribution in [0.25, 0.3) is 0 Å². The second kappa shape index (κ2) is 6.01. The largest absolute Gasteiger partial charge is 0.392 e. The van der Waals surface area contributed by atoms with Gasteiger partial charge in [0.05, 0.1) is 11.5 Å². The number of aliphatic hydroxyl groups excluding tert-OH is 1. The van der Waals surface area contributed by atoms with Crippen LogP contribution < -0.4 is 4.72 Å². The first-order chi connectivity index (χ1) is 9.81. The molecule has 0 bridgehead atoms. The van der Waals surface area contributed by atoms with Crippen LogP contribution in [0, 0.1) is 13.8 Å². The van der Waals surface area contributed by atoms with Crippen molar-refractivity contribution in [3.05, 3.63) is 52.2 Å². The van der Waals surface area contributed by atoms with Crippen molar-refractivity contribution in [1.82, 2.24) is 4.98 Å². The van der Waals surface area contributed by atoms with Crippen molar-refractivity contribution in [3.63, 3.8) is 0 Å². The molecule has 5 nitrogen and oxygen atoms in total. The number of aliphatic hydroxyl groups is 1. The molecule has 0 aliphatic heterocycles. The zero-order valence-corrected chi connectivity index (χ0v) is 13.2. The third-order valence-electron chi connectivity index (χ3n) is 2.83. The third-order valence-corrected chi connectivity index (χ3v) is 4.56. The van der Waals surface area contributed by atoms with Crippen molar-refractivity contribution < 1.29 is 13.5 Å².